The molecule has 3 fully saturated rings. The highest BCUT2D eigenvalue weighted by molar-refractivity contribution is 6.14. The van der Waals surface area contributed by atoms with Gasteiger partial charge in [0, 0.05) is 37.3 Å². The first-order valence-electron chi connectivity index (χ1n) is 10.5. The number of rotatable bonds is 3. The lowest BCUT2D eigenvalue weighted by Gasteiger charge is -2.52. The highest BCUT2D eigenvalue weighted by Gasteiger charge is 2.60. The molecule has 9 heteroatoms. The van der Waals surface area contributed by atoms with Crippen LogP contribution in [0.4, 0.5) is 8.78 Å². The van der Waals surface area contributed by atoms with Crippen molar-refractivity contribution in [2.75, 3.05) is 13.1 Å². The van der Waals surface area contributed by atoms with E-state index in [1.54, 1.807) is 16.7 Å². The van der Waals surface area contributed by atoms with E-state index < -0.39 is 41.0 Å². The molecule has 4 aliphatic rings. The third kappa shape index (κ3) is 2.85. The number of hydrogen-bond acceptors (Lipinski definition) is 5. The zero-order valence-electron chi connectivity index (χ0n) is 17.0. The van der Waals surface area contributed by atoms with Gasteiger partial charge in [-0.05, 0) is 38.2 Å². The van der Waals surface area contributed by atoms with E-state index in [-0.39, 0.29) is 29.3 Å². The van der Waals surface area contributed by atoms with Gasteiger partial charge in [0.05, 0.1) is 5.54 Å². The molecule has 4 atom stereocenters. The Morgan fingerprint density at radius 1 is 1.32 bits per heavy atom. The maximum absolute atomic E-state index is 13.9. The molecule has 31 heavy (non-hydrogen) atoms. The van der Waals surface area contributed by atoms with Crippen molar-refractivity contribution in [1.29, 1.82) is 0 Å². The molecule has 1 aromatic carbocycles. The van der Waals surface area contributed by atoms with Crippen molar-refractivity contribution in [3.05, 3.63) is 46.9 Å². The van der Waals surface area contributed by atoms with E-state index in [4.69, 9.17) is 0 Å². The molecule has 1 spiro atoms. The fourth-order valence-corrected chi connectivity index (χ4v) is 5.78. The second kappa shape index (κ2) is 6.77. The second-order valence-corrected chi connectivity index (χ2v) is 9.11. The number of aliphatic hydroxyl groups excluding tert-OH is 1. The van der Waals surface area contributed by atoms with Crippen LogP contribution < -0.4 is 5.32 Å². The summed E-state index contributed by atoms with van der Waals surface area (Å²) in [6, 6.07) is 2.38. The van der Waals surface area contributed by atoms with Crippen LogP contribution in [0.5, 0.6) is 0 Å². The summed E-state index contributed by atoms with van der Waals surface area (Å²) in [5, 5.41) is 13.1. The minimum absolute atomic E-state index is 0.0238. The van der Waals surface area contributed by atoms with Crippen LogP contribution in [0.15, 0.2) is 29.7 Å². The summed E-state index contributed by atoms with van der Waals surface area (Å²) in [5.41, 5.74) is -0.251. The van der Waals surface area contributed by atoms with Crippen LogP contribution in [0, 0.1) is 23.5 Å². The molecule has 7 nitrogen and oxygen atoms in total. The molecule has 5 rings (SSSR count). The summed E-state index contributed by atoms with van der Waals surface area (Å²) < 4.78 is 27.0. The molecule has 1 saturated carbocycles. The first-order valence-corrected chi connectivity index (χ1v) is 10.5. The Balaban J connectivity index is 1.40. The highest BCUT2D eigenvalue weighted by atomic mass is 19.1. The van der Waals surface area contributed by atoms with Gasteiger partial charge < -0.3 is 20.2 Å². The summed E-state index contributed by atoms with van der Waals surface area (Å²) in [6.45, 7) is 2.57. The van der Waals surface area contributed by atoms with Crippen LogP contribution in [-0.2, 0) is 20.9 Å². The molecule has 2 bridgehead atoms. The van der Waals surface area contributed by atoms with Crippen molar-refractivity contribution in [2.24, 2.45) is 11.8 Å². The number of nitrogens with zero attached hydrogens (tertiary/aromatic N) is 2. The van der Waals surface area contributed by atoms with Crippen LogP contribution in [-0.4, -0.2) is 57.2 Å². The summed E-state index contributed by atoms with van der Waals surface area (Å²) in [6.07, 6.45) is 2.81. The number of Topliss-reactive ketones (excluding diaryl/α,β-unsaturated/α-hetero) is 1. The number of benzene rings is 1. The van der Waals surface area contributed by atoms with Gasteiger partial charge in [0.2, 0.25) is 11.7 Å². The van der Waals surface area contributed by atoms with Gasteiger partial charge in [-0.15, -0.1) is 0 Å². The number of fused-ring (bicyclic) bond motifs is 2. The minimum Gasteiger partial charge on any atom is -0.503 e. The fourth-order valence-electron chi connectivity index (χ4n) is 5.78. The Kier molecular flexibility index (Phi) is 4.36. The minimum atomic E-state index is -1.23. The lowest BCUT2D eigenvalue weighted by atomic mass is 9.83. The van der Waals surface area contributed by atoms with E-state index in [9.17, 15) is 28.3 Å². The van der Waals surface area contributed by atoms with E-state index in [2.05, 4.69) is 5.32 Å². The standard InChI is InChI=1S/C22H23F2N3O4/c1-11-16(20(30)25-8-13-2-3-14(23)6-15(13)24)18(28)19(29)17-21(31)27-9-12-4-5-22(27,7-12)10-26(11)17/h2-3,6,11-12,16,29H,4-5,7-10H2,1H3,(H,25,30)/t11?,12-,16?,22?/m0/s1. The van der Waals surface area contributed by atoms with E-state index in [0.29, 0.717) is 19.0 Å². The topological polar surface area (TPSA) is 89.9 Å². The van der Waals surface area contributed by atoms with E-state index in [0.717, 1.165) is 31.4 Å². The highest BCUT2D eigenvalue weighted by Crippen LogP contribution is 2.51. The number of piperidine rings is 1. The van der Waals surface area contributed by atoms with Crippen molar-refractivity contribution in [2.45, 2.75) is 44.3 Å². The Bertz CT molecular complexity index is 1040. The Hall–Kier alpha value is -2.97. The van der Waals surface area contributed by atoms with Crippen molar-refractivity contribution < 1.29 is 28.3 Å². The number of ketones is 1. The summed E-state index contributed by atoms with van der Waals surface area (Å²) in [4.78, 5) is 42.3. The Morgan fingerprint density at radius 2 is 2.10 bits per heavy atom. The molecule has 164 valence electrons. The average molecular weight is 431 g/mol. The molecule has 3 unspecified atom stereocenters. The number of amides is 2. The summed E-state index contributed by atoms with van der Waals surface area (Å²) in [7, 11) is 0. The summed E-state index contributed by atoms with van der Waals surface area (Å²) >= 11 is 0. The van der Waals surface area contributed by atoms with Crippen molar-refractivity contribution in [3.8, 4) is 0 Å². The molecule has 2 amide bonds. The van der Waals surface area contributed by atoms with E-state index in [1.807, 2.05) is 0 Å². The number of nitrogens with one attached hydrogen (secondary N) is 1. The lowest BCUT2D eigenvalue weighted by Crippen LogP contribution is -2.66. The first-order chi connectivity index (χ1) is 14.7. The fraction of sp³-hybridized carbons (Fsp3) is 0.500. The third-order valence-corrected chi connectivity index (χ3v) is 7.36. The number of carbonyl (C=O) groups excluding carboxylic acids is 3. The van der Waals surface area contributed by atoms with Gasteiger partial charge in [-0.1, -0.05) is 6.07 Å². The van der Waals surface area contributed by atoms with Gasteiger partial charge in [-0.2, -0.15) is 0 Å². The van der Waals surface area contributed by atoms with Gasteiger partial charge in [-0.25, -0.2) is 8.78 Å². The first kappa shape index (κ1) is 20.0. The van der Waals surface area contributed by atoms with Crippen LogP contribution in [0.2, 0.25) is 0 Å². The quantitative estimate of drug-likeness (QED) is 0.711. The van der Waals surface area contributed by atoms with Gasteiger partial charge in [0.1, 0.15) is 23.2 Å². The van der Waals surface area contributed by atoms with Crippen LogP contribution in [0.1, 0.15) is 31.7 Å². The Labute approximate surface area is 177 Å². The predicted octanol–water partition coefficient (Wildman–Crippen LogP) is 1.63. The number of hydrogen-bond donors (Lipinski definition) is 2. The van der Waals surface area contributed by atoms with Crippen molar-refractivity contribution in [1.82, 2.24) is 15.1 Å². The molecule has 2 N–H and O–H groups in total. The molecule has 2 saturated heterocycles. The number of aliphatic hydroxyl groups is 1. The average Bonchev–Trinajstić information content (AvgIpc) is 3.29. The predicted molar refractivity (Wildman–Crippen MR) is 104 cm³/mol. The zero-order valence-corrected chi connectivity index (χ0v) is 17.0. The molecule has 0 aromatic heterocycles. The maximum Gasteiger partial charge on any atom is 0.274 e. The normalized spacial score (nSPS) is 31.8. The molecule has 1 aromatic rings. The monoisotopic (exact) mass is 431 g/mol. The SMILES string of the molecule is CC1C(C(=O)NCc2ccc(F)cc2F)C(=O)C(O)=C2C(=O)N3C[C@H]4CCC3(C4)CN21. The molecule has 3 heterocycles. The smallest absolute Gasteiger partial charge is 0.274 e. The lowest BCUT2D eigenvalue weighted by molar-refractivity contribution is -0.149. The third-order valence-electron chi connectivity index (χ3n) is 7.36. The number of piperazine rings is 1. The molecule has 3 aliphatic heterocycles. The number of carbonyl (C=O) groups is 3. The largest absolute Gasteiger partial charge is 0.503 e. The van der Waals surface area contributed by atoms with Crippen LogP contribution >= 0.6 is 0 Å². The number of halogens is 2. The van der Waals surface area contributed by atoms with Gasteiger partial charge in [0.15, 0.2) is 5.76 Å². The van der Waals surface area contributed by atoms with Crippen LogP contribution in [0.25, 0.3) is 0 Å². The number of allylic oxidation sites excluding steroid dienone is 1. The van der Waals surface area contributed by atoms with Gasteiger partial charge in [-0.3, -0.25) is 14.4 Å². The zero-order chi connectivity index (χ0) is 22.1. The summed E-state index contributed by atoms with van der Waals surface area (Å²) in [5.74, 6) is -4.85. The van der Waals surface area contributed by atoms with Gasteiger partial charge >= 0.3 is 0 Å². The molecule has 0 radical (unpaired) electrons. The van der Waals surface area contributed by atoms with Crippen LogP contribution in [0.3, 0.4) is 0 Å². The second-order valence-electron chi connectivity index (χ2n) is 9.11. The van der Waals surface area contributed by atoms with Gasteiger partial charge in [0.25, 0.3) is 5.91 Å². The van der Waals surface area contributed by atoms with E-state index >= 15 is 0 Å². The molecular formula is C22H23F2N3O4. The molecule has 1 aliphatic carbocycles. The van der Waals surface area contributed by atoms with E-state index in [1.165, 1.54) is 6.07 Å². The van der Waals surface area contributed by atoms with Crippen molar-refractivity contribution in [3.63, 3.8) is 0 Å². The Morgan fingerprint density at radius 3 is 2.81 bits per heavy atom. The van der Waals surface area contributed by atoms with Crippen molar-refractivity contribution >= 4 is 17.6 Å². The molecular weight excluding hydrogens is 408 g/mol. The maximum atomic E-state index is 13.9.